The summed E-state index contributed by atoms with van der Waals surface area (Å²) in [6.45, 7) is 9.86. The van der Waals surface area contributed by atoms with Gasteiger partial charge in [0.2, 0.25) is 0 Å². The van der Waals surface area contributed by atoms with Crippen LogP contribution in [0.25, 0.3) is 6.08 Å². The smallest absolute Gasteiger partial charge is 0.266 e. The molecule has 1 aliphatic heterocycles. The molecular weight excluding hydrogens is 457 g/mol. The van der Waals surface area contributed by atoms with E-state index in [-0.39, 0.29) is 11.1 Å². The molecule has 2 aromatic rings. The third kappa shape index (κ3) is 5.29. The van der Waals surface area contributed by atoms with Gasteiger partial charge in [-0.15, -0.1) is 0 Å². The second-order valence-corrected chi connectivity index (χ2v) is 9.81. The third-order valence-corrected chi connectivity index (χ3v) is 6.58. The summed E-state index contributed by atoms with van der Waals surface area (Å²) in [6.07, 6.45) is 3.61. The Morgan fingerprint density at radius 1 is 1.33 bits per heavy atom. The first-order valence-electron chi connectivity index (χ1n) is 11.0. The van der Waals surface area contributed by atoms with Gasteiger partial charge in [0.05, 0.1) is 17.8 Å². The highest BCUT2D eigenvalue weighted by atomic mass is 35.5. The second-order valence-electron chi connectivity index (χ2n) is 8.97. The molecule has 0 fully saturated rings. The van der Waals surface area contributed by atoms with Crippen molar-refractivity contribution in [1.29, 1.82) is 5.26 Å². The van der Waals surface area contributed by atoms with E-state index in [1.165, 1.54) is 11.6 Å². The summed E-state index contributed by atoms with van der Waals surface area (Å²) in [5, 5.41) is 13.1. The lowest BCUT2D eigenvalue weighted by molar-refractivity contribution is -0.112. The molecule has 0 bridgehead atoms. The standard InChI is InChI=1S/C26H29Cl2N3O2/c1-6-9-31-23-13-24(33-5)17(11-20(23)16(2)14-26(31,3)4)10-18(15-29)25(32)30-22-8-7-19(27)12-21(22)28/h7-8,10-13,16H,6,9,14H2,1-5H3,(H,30,32)/b18-10+. The van der Waals surface area contributed by atoms with Crippen molar-refractivity contribution in [1.82, 2.24) is 0 Å². The zero-order valence-electron chi connectivity index (χ0n) is 19.6. The van der Waals surface area contributed by atoms with Crippen molar-refractivity contribution in [3.8, 4) is 11.8 Å². The molecule has 0 spiro atoms. The SMILES string of the molecule is CCCN1c2cc(OC)c(/C=C(\C#N)C(=O)Nc3ccc(Cl)cc3Cl)cc2C(C)CC1(C)C. The molecule has 1 N–H and O–H groups in total. The zero-order chi connectivity index (χ0) is 24.3. The highest BCUT2D eigenvalue weighted by Crippen LogP contribution is 2.46. The van der Waals surface area contributed by atoms with Gasteiger partial charge in [0.1, 0.15) is 17.4 Å². The van der Waals surface area contributed by atoms with E-state index in [0.717, 1.165) is 25.1 Å². The number of fused-ring (bicyclic) bond motifs is 1. The van der Waals surface area contributed by atoms with Crippen molar-refractivity contribution in [2.24, 2.45) is 0 Å². The van der Waals surface area contributed by atoms with Crippen LogP contribution < -0.4 is 15.0 Å². The number of carbonyl (C=O) groups is 1. The molecule has 0 aliphatic carbocycles. The average molecular weight is 486 g/mol. The number of methoxy groups -OCH3 is 1. The number of carbonyl (C=O) groups excluding carboxylic acids is 1. The Bertz CT molecular complexity index is 1140. The van der Waals surface area contributed by atoms with E-state index >= 15 is 0 Å². The van der Waals surface area contributed by atoms with Gasteiger partial charge in [-0.25, -0.2) is 0 Å². The molecule has 7 heteroatoms. The Balaban J connectivity index is 2.02. The number of hydrogen-bond donors (Lipinski definition) is 1. The van der Waals surface area contributed by atoms with E-state index in [9.17, 15) is 10.1 Å². The fourth-order valence-corrected chi connectivity index (χ4v) is 5.00. The molecule has 0 aromatic heterocycles. The van der Waals surface area contributed by atoms with Gasteiger partial charge in [0.15, 0.2) is 0 Å². The van der Waals surface area contributed by atoms with Gasteiger partial charge in [-0.3, -0.25) is 4.79 Å². The lowest BCUT2D eigenvalue weighted by Gasteiger charge is -2.47. The number of halogens is 2. The van der Waals surface area contributed by atoms with Gasteiger partial charge in [0.25, 0.3) is 5.91 Å². The molecular formula is C26H29Cl2N3O2. The van der Waals surface area contributed by atoms with Crippen molar-refractivity contribution in [2.75, 3.05) is 23.9 Å². The van der Waals surface area contributed by atoms with Gasteiger partial charge < -0.3 is 15.0 Å². The first-order valence-corrected chi connectivity index (χ1v) is 11.7. The van der Waals surface area contributed by atoms with Crippen molar-refractivity contribution in [3.05, 3.63) is 57.1 Å². The second kappa shape index (κ2) is 10.1. The predicted octanol–water partition coefficient (Wildman–Crippen LogP) is 7.05. The maximum Gasteiger partial charge on any atom is 0.266 e. The van der Waals surface area contributed by atoms with Crippen molar-refractivity contribution in [2.45, 2.75) is 52.0 Å². The maximum absolute atomic E-state index is 12.8. The summed E-state index contributed by atoms with van der Waals surface area (Å²) >= 11 is 12.1. The lowest BCUT2D eigenvalue weighted by atomic mass is 9.79. The summed E-state index contributed by atoms with van der Waals surface area (Å²) in [6, 6.07) is 10.8. The molecule has 2 aromatic carbocycles. The minimum Gasteiger partial charge on any atom is -0.496 e. The number of nitrogens with one attached hydrogen (secondary N) is 1. The molecule has 33 heavy (non-hydrogen) atoms. The first-order chi connectivity index (χ1) is 15.6. The Morgan fingerprint density at radius 3 is 2.67 bits per heavy atom. The molecule has 1 heterocycles. The minimum atomic E-state index is -0.553. The quantitative estimate of drug-likeness (QED) is 0.351. The average Bonchev–Trinajstić information content (AvgIpc) is 2.76. The largest absolute Gasteiger partial charge is 0.496 e. The molecule has 0 saturated heterocycles. The topological polar surface area (TPSA) is 65.4 Å². The Hall–Kier alpha value is -2.68. The number of nitrogens with zero attached hydrogens (tertiary/aromatic N) is 2. The molecule has 5 nitrogen and oxygen atoms in total. The van der Waals surface area contributed by atoms with Gasteiger partial charge in [-0.05, 0) is 68.5 Å². The highest BCUT2D eigenvalue weighted by molar-refractivity contribution is 6.36. The Kier molecular flexibility index (Phi) is 7.62. The lowest BCUT2D eigenvalue weighted by Crippen LogP contribution is -2.48. The summed E-state index contributed by atoms with van der Waals surface area (Å²) in [4.78, 5) is 15.2. The Labute approximate surface area is 205 Å². The fraction of sp³-hybridized carbons (Fsp3) is 0.385. The summed E-state index contributed by atoms with van der Waals surface area (Å²) in [7, 11) is 1.60. The van der Waals surface area contributed by atoms with Crippen molar-refractivity contribution >= 4 is 46.6 Å². The van der Waals surface area contributed by atoms with Crippen LogP contribution in [0, 0.1) is 11.3 Å². The van der Waals surface area contributed by atoms with Gasteiger partial charge >= 0.3 is 0 Å². The fourth-order valence-electron chi connectivity index (χ4n) is 4.55. The van der Waals surface area contributed by atoms with E-state index < -0.39 is 5.91 Å². The van der Waals surface area contributed by atoms with Crippen molar-refractivity contribution < 1.29 is 9.53 Å². The van der Waals surface area contributed by atoms with Crippen LogP contribution >= 0.6 is 23.2 Å². The minimum absolute atomic E-state index is 0.0281. The molecule has 174 valence electrons. The number of rotatable bonds is 6. The van der Waals surface area contributed by atoms with E-state index in [0.29, 0.717) is 33.0 Å². The van der Waals surface area contributed by atoms with Crippen LogP contribution in [0.2, 0.25) is 10.0 Å². The number of ether oxygens (including phenoxy) is 1. The van der Waals surface area contributed by atoms with E-state index in [4.69, 9.17) is 27.9 Å². The molecule has 1 atom stereocenters. The van der Waals surface area contributed by atoms with Crippen LogP contribution in [0.3, 0.4) is 0 Å². The molecule has 1 aliphatic rings. The highest BCUT2D eigenvalue weighted by Gasteiger charge is 2.36. The molecule has 1 amide bonds. The van der Waals surface area contributed by atoms with Crippen LogP contribution in [0.1, 0.15) is 57.6 Å². The van der Waals surface area contributed by atoms with E-state index in [2.05, 4.69) is 37.9 Å². The molecule has 0 saturated carbocycles. The van der Waals surface area contributed by atoms with E-state index in [1.54, 1.807) is 25.3 Å². The summed E-state index contributed by atoms with van der Waals surface area (Å²) in [5.41, 5.74) is 3.39. The van der Waals surface area contributed by atoms with Crippen LogP contribution in [-0.2, 0) is 4.79 Å². The third-order valence-electron chi connectivity index (χ3n) is 6.03. The summed E-state index contributed by atoms with van der Waals surface area (Å²) in [5.74, 6) is 0.390. The molecule has 3 rings (SSSR count). The van der Waals surface area contributed by atoms with Gasteiger partial charge in [-0.1, -0.05) is 37.0 Å². The van der Waals surface area contributed by atoms with Crippen molar-refractivity contribution in [3.63, 3.8) is 0 Å². The normalized spacial score (nSPS) is 17.2. The number of amides is 1. The van der Waals surface area contributed by atoms with Crippen LogP contribution in [0.15, 0.2) is 35.9 Å². The van der Waals surface area contributed by atoms with Gasteiger partial charge in [-0.2, -0.15) is 5.26 Å². The number of hydrogen-bond acceptors (Lipinski definition) is 4. The zero-order valence-corrected chi connectivity index (χ0v) is 21.1. The monoisotopic (exact) mass is 485 g/mol. The Morgan fingerprint density at radius 2 is 2.06 bits per heavy atom. The van der Waals surface area contributed by atoms with Crippen LogP contribution in [0.4, 0.5) is 11.4 Å². The number of anilines is 2. The maximum atomic E-state index is 12.8. The molecule has 0 radical (unpaired) electrons. The van der Waals surface area contributed by atoms with Gasteiger partial charge in [0, 0.05) is 34.4 Å². The van der Waals surface area contributed by atoms with Crippen LogP contribution in [0.5, 0.6) is 5.75 Å². The first kappa shape index (κ1) is 25.0. The predicted molar refractivity (Wildman–Crippen MR) is 136 cm³/mol. The number of benzene rings is 2. The molecule has 1 unspecified atom stereocenters. The van der Waals surface area contributed by atoms with E-state index in [1.807, 2.05) is 18.2 Å². The number of nitriles is 1. The van der Waals surface area contributed by atoms with Crippen LogP contribution in [-0.4, -0.2) is 25.1 Å². The summed E-state index contributed by atoms with van der Waals surface area (Å²) < 4.78 is 5.67.